The number of pyridine rings is 1. The molecule has 0 aliphatic carbocycles. The van der Waals surface area contributed by atoms with Gasteiger partial charge in [-0.3, -0.25) is 4.79 Å². The fourth-order valence-corrected chi connectivity index (χ4v) is 4.32. The third kappa shape index (κ3) is 6.45. The summed E-state index contributed by atoms with van der Waals surface area (Å²) in [6.07, 6.45) is 8.84. The molecule has 8 nitrogen and oxygen atoms in total. The molecule has 0 spiro atoms. The molecule has 8 heteroatoms. The molecular formula is C29H30N4O4. The molecule has 0 bridgehead atoms. The maximum atomic E-state index is 11.8. The molecule has 0 N–H and O–H groups in total. The van der Waals surface area contributed by atoms with E-state index in [4.69, 9.17) is 14.0 Å². The quantitative estimate of drug-likeness (QED) is 0.325. The van der Waals surface area contributed by atoms with Crippen LogP contribution in [0.2, 0.25) is 0 Å². The first-order chi connectivity index (χ1) is 18.2. The first-order valence-corrected chi connectivity index (χ1v) is 12.6. The van der Waals surface area contributed by atoms with Crippen molar-refractivity contribution >= 4 is 0 Å². The van der Waals surface area contributed by atoms with Gasteiger partial charge in [-0.1, -0.05) is 23.1 Å². The van der Waals surface area contributed by atoms with Crippen LogP contribution >= 0.6 is 0 Å². The van der Waals surface area contributed by atoms with Crippen LogP contribution in [0.1, 0.15) is 55.8 Å². The van der Waals surface area contributed by atoms with Crippen molar-refractivity contribution in [3.8, 4) is 23.2 Å². The summed E-state index contributed by atoms with van der Waals surface area (Å²) in [7, 11) is 0. The standard InChI is InChI=1S/C29H30N4O4/c1-22(36-28-10-4-7-19-35-28)29-30-15-18-33(29)21-25-20-26(37-31-25)24-13-11-23(12-14-24)8-2-5-16-32-17-6-3-9-27(32)34/h3,6,9,11-15,17-18,20,22,28H,4-5,7,10,16,19,21H2,1H3/t22-,28?/m0/s1. The Hall–Kier alpha value is -3.93. The van der Waals surface area contributed by atoms with E-state index in [1.165, 1.54) is 0 Å². The summed E-state index contributed by atoms with van der Waals surface area (Å²) < 4.78 is 21.1. The molecule has 1 saturated heterocycles. The van der Waals surface area contributed by atoms with Crippen LogP contribution in [0.15, 0.2) is 76.4 Å². The highest BCUT2D eigenvalue weighted by molar-refractivity contribution is 5.59. The van der Waals surface area contributed by atoms with Crippen molar-refractivity contribution in [1.29, 1.82) is 0 Å². The van der Waals surface area contributed by atoms with Gasteiger partial charge in [0, 0.05) is 61.4 Å². The third-order valence-electron chi connectivity index (χ3n) is 6.28. The fourth-order valence-electron chi connectivity index (χ4n) is 4.32. The van der Waals surface area contributed by atoms with E-state index in [0.717, 1.165) is 48.5 Å². The minimum Gasteiger partial charge on any atom is -0.356 e. The van der Waals surface area contributed by atoms with Gasteiger partial charge in [0.1, 0.15) is 17.6 Å². The Bertz CT molecular complexity index is 1420. The fraction of sp³-hybridized carbons (Fsp3) is 0.345. The van der Waals surface area contributed by atoms with Crippen LogP contribution in [0.5, 0.6) is 0 Å². The zero-order valence-corrected chi connectivity index (χ0v) is 20.9. The molecular weight excluding hydrogens is 468 g/mol. The zero-order valence-electron chi connectivity index (χ0n) is 20.9. The first-order valence-electron chi connectivity index (χ1n) is 12.6. The van der Waals surface area contributed by atoms with Gasteiger partial charge in [0.15, 0.2) is 12.1 Å². The minimum absolute atomic E-state index is 0.0127. The van der Waals surface area contributed by atoms with Crippen molar-refractivity contribution in [3.05, 3.63) is 94.6 Å². The summed E-state index contributed by atoms with van der Waals surface area (Å²) in [6, 6.07) is 14.9. The lowest BCUT2D eigenvalue weighted by atomic mass is 10.1. The molecule has 1 aliphatic heterocycles. The van der Waals surface area contributed by atoms with Crippen molar-refractivity contribution in [3.63, 3.8) is 0 Å². The van der Waals surface area contributed by atoms with E-state index in [-0.39, 0.29) is 18.0 Å². The summed E-state index contributed by atoms with van der Waals surface area (Å²) >= 11 is 0. The molecule has 4 heterocycles. The smallest absolute Gasteiger partial charge is 0.250 e. The second-order valence-electron chi connectivity index (χ2n) is 9.03. The first kappa shape index (κ1) is 24.8. The van der Waals surface area contributed by atoms with Crippen LogP contribution < -0.4 is 5.56 Å². The van der Waals surface area contributed by atoms with Gasteiger partial charge in [-0.05, 0) is 56.5 Å². The highest BCUT2D eigenvalue weighted by Gasteiger charge is 2.21. The van der Waals surface area contributed by atoms with E-state index >= 15 is 0 Å². The van der Waals surface area contributed by atoms with E-state index in [1.54, 1.807) is 29.1 Å². The summed E-state index contributed by atoms with van der Waals surface area (Å²) in [4.78, 5) is 16.3. The predicted octanol–water partition coefficient (Wildman–Crippen LogP) is 4.79. The average Bonchev–Trinajstić information content (AvgIpc) is 3.59. The molecule has 4 aromatic rings. The molecule has 0 amide bonds. The van der Waals surface area contributed by atoms with Crippen LogP contribution in [-0.2, 0) is 22.6 Å². The van der Waals surface area contributed by atoms with Crippen molar-refractivity contribution in [2.75, 3.05) is 6.61 Å². The lowest BCUT2D eigenvalue weighted by Gasteiger charge is -2.26. The van der Waals surface area contributed by atoms with Gasteiger partial charge < -0.3 is 23.1 Å². The molecule has 1 aromatic carbocycles. The Balaban J connectivity index is 1.18. The molecule has 37 heavy (non-hydrogen) atoms. The number of imidazole rings is 1. The summed E-state index contributed by atoms with van der Waals surface area (Å²) in [6.45, 7) is 3.85. The van der Waals surface area contributed by atoms with Crippen LogP contribution in [0.25, 0.3) is 11.3 Å². The lowest BCUT2D eigenvalue weighted by molar-refractivity contribution is -0.188. The Morgan fingerprint density at radius 2 is 2.03 bits per heavy atom. The highest BCUT2D eigenvalue weighted by Crippen LogP contribution is 2.25. The molecule has 2 atom stereocenters. The van der Waals surface area contributed by atoms with Crippen LogP contribution in [-0.4, -0.2) is 32.2 Å². The van der Waals surface area contributed by atoms with Gasteiger partial charge in [0.05, 0.1) is 6.54 Å². The Labute approximate surface area is 215 Å². The Morgan fingerprint density at radius 1 is 1.14 bits per heavy atom. The van der Waals surface area contributed by atoms with Crippen LogP contribution in [0.4, 0.5) is 0 Å². The van der Waals surface area contributed by atoms with Crippen LogP contribution in [0, 0.1) is 11.8 Å². The number of benzene rings is 1. The topological polar surface area (TPSA) is 84.3 Å². The summed E-state index contributed by atoms with van der Waals surface area (Å²) in [5, 5.41) is 4.26. The normalized spacial score (nSPS) is 16.2. The van der Waals surface area contributed by atoms with Crippen molar-refractivity contribution in [2.45, 2.75) is 58.1 Å². The van der Waals surface area contributed by atoms with Gasteiger partial charge in [0.25, 0.3) is 5.56 Å². The number of rotatable bonds is 8. The number of ether oxygens (including phenoxy) is 2. The predicted molar refractivity (Wildman–Crippen MR) is 139 cm³/mol. The molecule has 0 saturated carbocycles. The van der Waals surface area contributed by atoms with E-state index in [1.807, 2.05) is 54.1 Å². The second-order valence-corrected chi connectivity index (χ2v) is 9.03. The monoisotopic (exact) mass is 498 g/mol. The maximum absolute atomic E-state index is 11.8. The van der Waals surface area contributed by atoms with Gasteiger partial charge in [-0.25, -0.2) is 4.98 Å². The Kier molecular flexibility index (Phi) is 7.94. The molecule has 0 radical (unpaired) electrons. The van der Waals surface area contributed by atoms with Crippen molar-refractivity contribution in [2.24, 2.45) is 0 Å². The number of hydrogen-bond acceptors (Lipinski definition) is 6. The van der Waals surface area contributed by atoms with Gasteiger partial charge in [0.2, 0.25) is 0 Å². The van der Waals surface area contributed by atoms with E-state index in [0.29, 0.717) is 25.3 Å². The summed E-state index contributed by atoms with van der Waals surface area (Å²) in [5.41, 5.74) is 2.62. The number of aryl methyl sites for hydroxylation is 1. The SMILES string of the molecule is C[C@H](OC1CCCCO1)c1nccn1Cc1cc(-c2ccc(C#CCCn3ccccc3=O)cc2)on1. The average molecular weight is 499 g/mol. The van der Waals surface area contributed by atoms with Crippen LogP contribution in [0.3, 0.4) is 0 Å². The Morgan fingerprint density at radius 3 is 2.84 bits per heavy atom. The number of nitrogens with zero attached hydrogens (tertiary/aromatic N) is 4. The lowest BCUT2D eigenvalue weighted by Crippen LogP contribution is -2.24. The number of hydrogen-bond donors (Lipinski definition) is 0. The molecule has 3 aromatic heterocycles. The third-order valence-corrected chi connectivity index (χ3v) is 6.28. The van der Waals surface area contributed by atoms with E-state index in [2.05, 4.69) is 22.0 Å². The van der Waals surface area contributed by atoms with Gasteiger partial charge in [-0.15, -0.1) is 0 Å². The van der Waals surface area contributed by atoms with E-state index in [9.17, 15) is 4.79 Å². The van der Waals surface area contributed by atoms with Crippen molar-refractivity contribution in [1.82, 2.24) is 19.3 Å². The molecule has 5 rings (SSSR count). The second kappa shape index (κ2) is 11.9. The van der Waals surface area contributed by atoms with Gasteiger partial charge >= 0.3 is 0 Å². The zero-order chi connectivity index (χ0) is 25.5. The molecule has 190 valence electrons. The number of aromatic nitrogens is 4. The molecule has 1 unspecified atom stereocenters. The molecule has 1 fully saturated rings. The minimum atomic E-state index is -0.188. The maximum Gasteiger partial charge on any atom is 0.250 e. The van der Waals surface area contributed by atoms with E-state index < -0.39 is 0 Å². The largest absolute Gasteiger partial charge is 0.356 e. The summed E-state index contributed by atoms with van der Waals surface area (Å²) in [5.74, 6) is 7.81. The molecule has 1 aliphatic rings. The van der Waals surface area contributed by atoms with Gasteiger partial charge in [-0.2, -0.15) is 0 Å². The highest BCUT2D eigenvalue weighted by atomic mass is 16.7. The van der Waals surface area contributed by atoms with Crippen molar-refractivity contribution < 1.29 is 14.0 Å².